The molecule has 0 atom stereocenters. The molecule has 0 N–H and O–H groups in total. The molecule has 0 aliphatic heterocycles. The quantitative estimate of drug-likeness (QED) is 0.102. The number of hydrogen-bond acceptors (Lipinski definition) is 3. The number of thiophene rings is 2. The molecule has 2 aromatic heterocycles. The Balaban J connectivity index is 1.96. The SMILES string of the molecule is CCCCC(CCCC)(CCCC)Oc1cc2cc3s[c]([Sn]([CH2]CCC)([CH2]CCC)[CH2]CCC)cc3cc2s1. The Morgan fingerprint density at radius 1 is 0.564 bits per heavy atom. The molecule has 39 heavy (non-hydrogen) atoms. The average Bonchev–Trinajstić information content (AvgIpc) is 3.54. The van der Waals surface area contributed by atoms with Crippen LogP contribution >= 0.6 is 22.7 Å². The van der Waals surface area contributed by atoms with Gasteiger partial charge in [-0.15, -0.1) is 0 Å². The Morgan fingerprint density at radius 2 is 1.00 bits per heavy atom. The summed E-state index contributed by atoms with van der Waals surface area (Å²) in [6, 6.07) is 10.1. The minimum absolute atomic E-state index is 0.0133. The van der Waals surface area contributed by atoms with Crippen molar-refractivity contribution in [3.8, 4) is 5.06 Å². The normalized spacial score (nSPS) is 12.7. The molecule has 0 fully saturated rings. The van der Waals surface area contributed by atoms with Crippen LogP contribution in [0.25, 0.3) is 20.2 Å². The van der Waals surface area contributed by atoms with Gasteiger partial charge in [0, 0.05) is 0 Å². The zero-order valence-corrected chi connectivity index (χ0v) is 30.7. The number of hydrogen-bond donors (Lipinski definition) is 0. The summed E-state index contributed by atoms with van der Waals surface area (Å²) in [7, 11) is 0. The zero-order valence-electron chi connectivity index (χ0n) is 26.3. The molecule has 0 radical (unpaired) electrons. The second-order valence-corrected chi connectivity index (χ2v) is 28.6. The van der Waals surface area contributed by atoms with Gasteiger partial charge in [-0.3, -0.25) is 0 Å². The van der Waals surface area contributed by atoms with Gasteiger partial charge >= 0.3 is 234 Å². The summed E-state index contributed by atoms with van der Waals surface area (Å²) in [6.45, 7) is 14.1. The fourth-order valence-electron chi connectivity index (χ4n) is 6.39. The first-order valence-corrected chi connectivity index (χ1v) is 25.8. The second-order valence-electron chi connectivity index (χ2n) is 12.3. The van der Waals surface area contributed by atoms with Gasteiger partial charge < -0.3 is 0 Å². The van der Waals surface area contributed by atoms with Crippen LogP contribution in [0, 0.1) is 0 Å². The van der Waals surface area contributed by atoms with Crippen LogP contribution in [0.15, 0.2) is 24.3 Å². The molecule has 1 nitrogen and oxygen atoms in total. The predicted molar refractivity (Wildman–Crippen MR) is 184 cm³/mol. The minimum atomic E-state index is -2.39. The van der Waals surface area contributed by atoms with Crippen molar-refractivity contribution in [1.29, 1.82) is 0 Å². The van der Waals surface area contributed by atoms with Crippen LogP contribution in [0.5, 0.6) is 5.06 Å². The third kappa shape index (κ3) is 9.11. The van der Waals surface area contributed by atoms with Gasteiger partial charge in [0.05, 0.1) is 0 Å². The van der Waals surface area contributed by atoms with E-state index in [1.165, 1.54) is 116 Å². The maximum absolute atomic E-state index is 7.04. The first-order valence-electron chi connectivity index (χ1n) is 16.6. The Labute approximate surface area is 253 Å². The molecule has 0 unspecified atom stereocenters. The van der Waals surface area contributed by atoms with E-state index in [1.807, 2.05) is 14.2 Å². The molecule has 3 aromatic rings. The van der Waals surface area contributed by atoms with Crippen LogP contribution < -0.4 is 7.63 Å². The molecule has 0 spiro atoms. The van der Waals surface area contributed by atoms with Crippen LogP contribution in [-0.2, 0) is 0 Å². The molecule has 1 aromatic carbocycles. The first-order chi connectivity index (χ1) is 19.0. The molecule has 0 bridgehead atoms. The van der Waals surface area contributed by atoms with Crippen molar-refractivity contribution in [2.45, 2.75) is 157 Å². The molecule has 220 valence electrons. The number of unbranched alkanes of at least 4 members (excludes halogenated alkanes) is 6. The number of fused-ring (bicyclic) bond motifs is 2. The van der Waals surface area contributed by atoms with Crippen molar-refractivity contribution < 1.29 is 4.74 Å². The van der Waals surface area contributed by atoms with Crippen molar-refractivity contribution in [2.75, 3.05) is 0 Å². The molecule has 0 saturated heterocycles. The van der Waals surface area contributed by atoms with E-state index in [1.54, 1.807) is 13.3 Å². The fraction of sp³-hybridized carbons (Fsp3) is 0.714. The van der Waals surface area contributed by atoms with Crippen molar-refractivity contribution in [3.05, 3.63) is 24.3 Å². The Kier molecular flexibility index (Phi) is 14.5. The molecule has 4 heteroatoms. The third-order valence-electron chi connectivity index (χ3n) is 8.96. The van der Waals surface area contributed by atoms with Gasteiger partial charge in [0.25, 0.3) is 0 Å². The van der Waals surface area contributed by atoms with Crippen LogP contribution in [0.1, 0.15) is 138 Å². The van der Waals surface area contributed by atoms with Gasteiger partial charge in [-0.25, -0.2) is 0 Å². The van der Waals surface area contributed by atoms with Crippen LogP contribution in [0.3, 0.4) is 0 Å². The summed E-state index contributed by atoms with van der Waals surface area (Å²) in [4.78, 5) is 0. The first kappa shape index (κ1) is 33.2. The molecule has 3 rings (SSSR count). The van der Waals surface area contributed by atoms with E-state index in [9.17, 15) is 0 Å². The average molecular weight is 678 g/mol. The molecule has 0 aliphatic rings. The molecule has 0 amide bonds. The van der Waals surface area contributed by atoms with Gasteiger partial charge in [-0.05, 0) is 0 Å². The van der Waals surface area contributed by atoms with Crippen LogP contribution in [0.4, 0.5) is 0 Å². The van der Waals surface area contributed by atoms with Crippen LogP contribution in [-0.4, -0.2) is 24.0 Å². The van der Waals surface area contributed by atoms with E-state index in [4.69, 9.17) is 4.74 Å². The molecular formula is C35H58OS2Sn. The predicted octanol–water partition coefficient (Wildman–Crippen LogP) is 12.9. The van der Waals surface area contributed by atoms with Crippen molar-refractivity contribution >= 4 is 64.1 Å². The Bertz CT molecular complexity index is 1000. The topological polar surface area (TPSA) is 9.23 Å². The van der Waals surface area contributed by atoms with Gasteiger partial charge in [-0.2, -0.15) is 0 Å². The maximum atomic E-state index is 7.04. The van der Waals surface area contributed by atoms with Gasteiger partial charge in [0.2, 0.25) is 0 Å². The fourth-order valence-corrected chi connectivity index (χ4v) is 27.7. The monoisotopic (exact) mass is 678 g/mol. The summed E-state index contributed by atoms with van der Waals surface area (Å²) >= 11 is 1.69. The van der Waals surface area contributed by atoms with E-state index in [-0.39, 0.29) is 5.60 Å². The van der Waals surface area contributed by atoms with E-state index >= 15 is 0 Å². The number of rotatable bonds is 21. The Morgan fingerprint density at radius 3 is 1.46 bits per heavy atom. The van der Waals surface area contributed by atoms with E-state index in [0.717, 1.165) is 5.06 Å². The number of benzene rings is 1. The van der Waals surface area contributed by atoms with Crippen molar-refractivity contribution in [1.82, 2.24) is 0 Å². The van der Waals surface area contributed by atoms with E-state index < -0.39 is 18.4 Å². The summed E-state index contributed by atoms with van der Waals surface area (Å²) in [6.07, 6.45) is 19.4. The van der Waals surface area contributed by atoms with Crippen LogP contribution in [0.2, 0.25) is 13.3 Å². The van der Waals surface area contributed by atoms with Gasteiger partial charge in [0.15, 0.2) is 0 Å². The standard InChI is InChI=1S/C23H31OS2.3C4H9.Sn/c1-4-7-11-23(12-8-5-2,13-9-6-3)24-22-17-19-16-20-18(10-14-25-20)15-21(19)26-22;3*1-3-4-2;/h10,15-17H,4-9,11-13H2,1-3H3;3*1,3-4H2,2H3;. The van der Waals surface area contributed by atoms with Crippen molar-refractivity contribution in [3.63, 3.8) is 0 Å². The van der Waals surface area contributed by atoms with Gasteiger partial charge in [0.1, 0.15) is 0 Å². The van der Waals surface area contributed by atoms with E-state index in [0.29, 0.717) is 0 Å². The van der Waals surface area contributed by atoms with Crippen molar-refractivity contribution in [2.24, 2.45) is 0 Å². The zero-order chi connectivity index (χ0) is 28.1. The van der Waals surface area contributed by atoms with Gasteiger partial charge in [-0.1, -0.05) is 20.8 Å². The summed E-state index contributed by atoms with van der Waals surface area (Å²) < 4.78 is 16.5. The number of ether oxygens (including phenoxy) is 1. The van der Waals surface area contributed by atoms with E-state index in [2.05, 4.69) is 77.1 Å². The molecule has 2 heterocycles. The Hall–Kier alpha value is -0.261. The second kappa shape index (κ2) is 17.0. The summed E-state index contributed by atoms with van der Waals surface area (Å²) in [5, 5.41) is 4.03. The molecular weight excluding hydrogens is 619 g/mol. The summed E-state index contributed by atoms with van der Waals surface area (Å²) in [5.74, 6) is 0. The molecule has 0 aliphatic carbocycles. The summed E-state index contributed by atoms with van der Waals surface area (Å²) in [5.41, 5.74) is 0.0133. The third-order valence-corrected chi connectivity index (χ3v) is 29.2. The molecule has 0 saturated carbocycles.